The van der Waals surface area contributed by atoms with Crippen LogP contribution in [0, 0.1) is 17.8 Å². The second kappa shape index (κ2) is 11.2. The summed E-state index contributed by atoms with van der Waals surface area (Å²) in [6.07, 6.45) is 3.66. The van der Waals surface area contributed by atoms with Gasteiger partial charge in [-0.3, -0.25) is 28.9 Å². The fourth-order valence-electron chi connectivity index (χ4n) is 7.41. The number of allylic oxidation sites excluding steroid dienone is 6. The van der Waals surface area contributed by atoms with E-state index in [1.165, 1.54) is 24.0 Å². The van der Waals surface area contributed by atoms with Gasteiger partial charge in [0.05, 0.1) is 17.5 Å². The Morgan fingerprint density at radius 2 is 1.67 bits per heavy atom. The number of ether oxygens (including phenoxy) is 1. The standard InChI is InChI=1S/C38H31NO7/c1-20-16-31(41)30-18-29-26(14-15-28-34(29)38(45)39(37(28)44)24-10-8-23(9-11-24)21(2)40)33(35(30)36(20)43)27-13-12-25(17-32(27)42)46-19-22-6-4-3-5-7-22/h3-14,16-17,28-29,33-34,42H,15,18-19H2,1-2H3/t28-,29+,33+,34-/m0/s1. The number of rotatable bonds is 6. The fraction of sp³-hybridized carbons (Fsp3) is 0.237. The summed E-state index contributed by atoms with van der Waals surface area (Å²) in [6, 6.07) is 20.9. The Hall–Kier alpha value is -5.37. The Morgan fingerprint density at radius 3 is 2.37 bits per heavy atom. The van der Waals surface area contributed by atoms with E-state index in [0.717, 1.165) is 11.1 Å². The lowest BCUT2D eigenvalue weighted by atomic mass is 9.59. The summed E-state index contributed by atoms with van der Waals surface area (Å²) in [4.78, 5) is 67.9. The number of carbonyl (C=O) groups is 5. The largest absolute Gasteiger partial charge is 0.507 e. The Balaban J connectivity index is 1.27. The maximum Gasteiger partial charge on any atom is 0.238 e. The quantitative estimate of drug-likeness (QED) is 0.161. The number of benzene rings is 3. The lowest BCUT2D eigenvalue weighted by Crippen LogP contribution is -2.39. The molecule has 1 saturated heterocycles. The van der Waals surface area contributed by atoms with E-state index in [4.69, 9.17) is 4.74 Å². The molecule has 0 radical (unpaired) electrons. The first-order valence-corrected chi connectivity index (χ1v) is 15.3. The maximum absolute atomic E-state index is 14.1. The summed E-state index contributed by atoms with van der Waals surface area (Å²) in [5, 5.41) is 11.4. The van der Waals surface area contributed by atoms with Gasteiger partial charge in [0.25, 0.3) is 0 Å². The van der Waals surface area contributed by atoms with Gasteiger partial charge in [-0.25, -0.2) is 0 Å². The van der Waals surface area contributed by atoms with Gasteiger partial charge in [0.15, 0.2) is 17.3 Å². The monoisotopic (exact) mass is 613 g/mol. The van der Waals surface area contributed by atoms with Gasteiger partial charge in [-0.05, 0) is 74.6 Å². The summed E-state index contributed by atoms with van der Waals surface area (Å²) in [5.41, 5.74) is 3.94. The number of imide groups is 1. The molecule has 3 aliphatic carbocycles. The molecule has 0 spiro atoms. The number of ketones is 3. The number of Topliss-reactive ketones (excluding diaryl/α,β-unsaturated/α-hetero) is 2. The third kappa shape index (κ3) is 4.72. The molecular weight excluding hydrogens is 582 g/mol. The highest BCUT2D eigenvalue weighted by Crippen LogP contribution is 2.56. The van der Waals surface area contributed by atoms with Crippen LogP contribution >= 0.6 is 0 Å². The van der Waals surface area contributed by atoms with Crippen molar-refractivity contribution in [2.75, 3.05) is 4.90 Å². The van der Waals surface area contributed by atoms with Crippen LogP contribution < -0.4 is 9.64 Å². The lowest BCUT2D eigenvalue weighted by molar-refractivity contribution is -0.123. The molecule has 1 aliphatic heterocycles. The van der Waals surface area contributed by atoms with Gasteiger partial charge in [0.2, 0.25) is 11.8 Å². The molecule has 8 heteroatoms. The van der Waals surface area contributed by atoms with E-state index >= 15 is 0 Å². The van der Waals surface area contributed by atoms with Crippen LogP contribution in [0.2, 0.25) is 0 Å². The van der Waals surface area contributed by atoms with Crippen LogP contribution in [-0.4, -0.2) is 34.3 Å². The van der Waals surface area contributed by atoms with E-state index in [-0.39, 0.29) is 47.8 Å². The van der Waals surface area contributed by atoms with Crippen LogP contribution in [0.1, 0.15) is 54.1 Å². The highest BCUT2D eigenvalue weighted by molar-refractivity contribution is 6.25. The van der Waals surface area contributed by atoms with Gasteiger partial charge in [-0.2, -0.15) is 0 Å². The molecule has 4 aliphatic rings. The zero-order chi connectivity index (χ0) is 32.3. The van der Waals surface area contributed by atoms with Crippen molar-refractivity contribution in [1.82, 2.24) is 0 Å². The van der Waals surface area contributed by atoms with E-state index in [2.05, 4.69) is 0 Å². The number of hydrogen-bond donors (Lipinski definition) is 1. The first-order chi connectivity index (χ1) is 22.1. The van der Waals surface area contributed by atoms with Gasteiger partial charge < -0.3 is 9.84 Å². The number of phenols is 1. The molecule has 0 aromatic heterocycles. The summed E-state index contributed by atoms with van der Waals surface area (Å²) >= 11 is 0. The molecule has 230 valence electrons. The minimum absolute atomic E-state index is 0.0976. The van der Waals surface area contributed by atoms with Crippen LogP contribution in [0.5, 0.6) is 11.5 Å². The average Bonchev–Trinajstić information content (AvgIpc) is 3.31. The molecule has 8 nitrogen and oxygen atoms in total. The third-order valence-corrected chi connectivity index (χ3v) is 9.66. The fourth-order valence-corrected chi connectivity index (χ4v) is 7.41. The lowest BCUT2D eigenvalue weighted by Gasteiger charge is -2.42. The molecular formula is C38H31NO7. The van der Waals surface area contributed by atoms with Crippen molar-refractivity contribution in [3.05, 3.63) is 124 Å². The van der Waals surface area contributed by atoms with E-state index in [0.29, 0.717) is 45.9 Å². The van der Waals surface area contributed by atoms with Crippen molar-refractivity contribution in [3.8, 4) is 11.5 Å². The number of phenolic OH excluding ortho intramolecular Hbond substituents is 1. The first kappa shape index (κ1) is 29.3. The Kier molecular flexibility index (Phi) is 7.15. The number of hydrogen-bond acceptors (Lipinski definition) is 7. The smallest absolute Gasteiger partial charge is 0.238 e. The summed E-state index contributed by atoms with van der Waals surface area (Å²) in [6.45, 7) is 3.35. The van der Waals surface area contributed by atoms with E-state index in [1.54, 1.807) is 43.3 Å². The Labute approximate surface area is 265 Å². The second-order valence-corrected chi connectivity index (χ2v) is 12.3. The summed E-state index contributed by atoms with van der Waals surface area (Å²) in [5.74, 6) is -3.75. The molecule has 2 amide bonds. The number of anilines is 1. The normalized spacial score (nSPS) is 23.8. The topological polar surface area (TPSA) is 118 Å². The molecule has 1 N–H and O–H groups in total. The first-order valence-electron chi connectivity index (χ1n) is 15.3. The van der Waals surface area contributed by atoms with Crippen molar-refractivity contribution in [3.63, 3.8) is 0 Å². The molecule has 0 unspecified atom stereocenters. The summed E-state index contributed by atoms with van der Waals surface area (Å²) < 4.78 is 5.92. The molecule has 7 rings (SSSR count). The van der Waals surface area contributed by atoms with Crippen LogP contribution in [0.25, 0.3) is 0 Å². The molecule has 0 bridgehead atoms. The van der Waals surface area contributed by atoms with E-state index < -0.39 is 23.7 Å². The predicted molar refractivity (Wildman–Crippen MR) is 169 cm³/mol. The molecule has 1 fully saturated rings. The Morgan fingerprint density at radius 1 is 0.935 bits per heavy atom. The Bertz CT molecular complexity index is 1930. The minimum atomic E-state index is -0.773. The number of amides is 2. The van der Waals surface area contributed by atoms with Crippen LogP contribution in [-0.2, 0) is 25.8 Å². The average molecular weight is 614 g/mol. The van der Waals surface area contributed by atoms with Crippen molar-refractivity contribution < 1.29 is 33.8 Å². The number of fused-ring (bicyclic) bond motifs is 3. The predicted octanol–water partition coefficient (Wildman–Crippen LogP) is 5.81. The van der Waals surface area contributed by atoms with Gasteiger partial charge >= 0.3 is 0 Å². The molecule has 3 aromatic rings. The number of aromatic hydroxyl groups is 1. The zero-order valence-corrected chi connectivity index (χ0v) is 25.4. The van der Waals surface area contributed by atoms with Gasteiger partial charge in [0, 0.05) is 39.8 Å². The highest BCUT2D eigenvalue weighted by atomic mass is 16.5. The molecule has 0 saturated carbocycles. The summed E-state index contributed by atoms with van der Waals surface area (Å²) in [7, 11) is 0. The van der Waals surface area contributed by atoms with E-state index in [1.807, 2.05) is 36.4 Å². The van der Waals surface area contributed by atoms with Crippen molar-refractivity contribution >= 4 is 34.9 Å². The van der Waals surface area contributed by atoms with Crippen molar-refractivity contribution in [1.29, 1.82) is 0 Å². The molecule has 1 heterocycles. The third-order valence-electron chi connectivity index (χ3n) is 9.66. The molecule has 3 aromatic carbocycles. The number of nitrogens with zero attached hydrogens (tertiary/aromatic N) is 1. The zero-order valence-electron chi connectivity index (χ0n) is 25.4. The molecule has 46 heavy (non-hydrogen) atoms. The second-order valence-electron chi connectivity index (χ2n) is 12.3. The molecule has 4 atom stereocenters. The number of carbonyl (C=O) groups excluding carboxylic acids is 5. The van der Waals surface area contributed by atoms with Gasteiger partial charge in [-0.15, -0.1) is 0 Å². The van der Waals surface area contributed by atoms with Crippen molar-refractivity contribution in [2.24, 2.45) is 17.8 Å². The maximum atomic E-state index is 14.1. The minimum Gasteiger partial charge on any atom is -0.507 e. The van der Waals surface area contributed by atoms with Crippen LogP contribution in [0.15, 0.2) is 107 Å². The SMILES string of the molecule is CC(=O)c1ccc(N2C(=O)[C@H]3[C@H](CC=C4[C@H](c5ccc(OCc6ccccc6)cc5O)C5=C(C[C@H]43)C(=O)C=C(C)C5=O)C2=O)cc1. The van der Waals surface area contributed by atoms with Gasteiger partial charge in [0.1, 0.15) is 18.1 Å². The van der Waals surface area contributed by atoms with Crippen LogP contribution in [0.4, 0.5) is 5.69 Å². The van der Waals surface area contributed by atoms with Crippen LogP contribution in [0.3, 0.4) is 0 Å². The van der Waals surface area contributed by atoms with E-state index in [9.17, 15) is 29.1 Å². The van der Waals surface area contributed by atoms with Gasteiger partial charge in [-0.1, -0.05) is 48.0 Å². The van der Waals surface area contributed by atoms with Crippen molar-refractivity contribution in [2.45, 2.75) is 39.2 Å². The highest BCUT2D eigenvalue weighted by Gasteiger charge is 2.56.